The lowest BCUT2D eigenvalue weighted by atomic mass is 10.1. The molecule has 0 amide bonds. The summed E-state index contributed by atoms with van der Waals surface area (Å²) in [6.07, 6.45) is 0.686. The smallest absolute Gasteiger partial charge is 0.335 e. The van der Waals surface area contributed by atoms with Crippen molar-refractivity contribution in [1.29, 1.82) is 0 Å². The average molecular weight is 422 g/mol. The van der Waals surface area contributed by atoms with E-state index < -0.39 is 16.0 Å². The van der Waals surface area contributed by atoms with Crippen LogP contribution in [0.15, 0.2) is 12.1 Å². The maximum absolute atomic E-state index is 12.9. The van der Waals surface area contributed by atoms with Gasteiger partial charge in [0, 0.05) is 17.3 Å². The van der Waals surface area contributed by atoms with Crippen molar-refractivity contribution < 1.29 is 32.1 Å². The first-order valence-electron chi connectivity index (χ1n) is 9.12. The van der Waals surface area contributed by atoms with Crippen molar-refractivity contribution >= 4 is 16.0 Å². The van der Waals surface area contributed by atoms with Crippen LogP contribution >= 0.6 is 16.0 Å². The lowest BCUT2D eigenvalue weighted by Gasteiger charge is -2.21. The van der Waals surface area contributed by atoms with Crippen LogP contribution in [0.5, 0.6) is 11.5 Å². The van der Waals surface area contributed by atoms with Crippen molar-refractivity contribution in [2.24, 2.45) is 0 Å². The van der Waals surface area contributed by atoms with E-state index in [9.17, 15) is 4.57 Å². The molecule has 0 fully saturated rings. The molecule has 27 heavy (non-hydrogen) atoms. The first-order chi connectivity index (χ1) is 13.0. The highest BCUT2D eigenvalue weighted by Gasteiger charge is 2.27. The number of rotatable bonds is 14. The molecular weight excluding hydrogens is 390 g/mol. The molecule has 0 aliphatic rings. The van der Waals surface area contributed by atoms with Crippen molar-refractivity contribution in [2.75, 3.05) is 40.6 Å². The zero-order valence-electron chi connectivity index (χ0n) is 17.1. The predicted molar refractivity (Wildman–Crippen MR) is 108 cm³/mol. The lowest BCUT2D eigenvalue weighted by Crippen LogP contribution is -2.03. The van der Waals surface area contributed by atoms with E-state index in [-0.39, 0.29) is 6.16 Å². The van der Waals surface area contributed by atoms with Crippen molar-refractivity contribution in [1.82, 2.24) is 0 Å². The van der Waals surface area contributed by atoms with Crippen LogP contribution in [0.1, 0.15) is 38.8 Å². The van der Waals surface area contributed by atoms with E-state index in [1.807, 2.05) is 26.0 Å². The first-order valence-corrected chi connectivity index (χ1v) is 12.2. The molecule has 0 saturated heterocycles. The van der Waals surface area contributed by atoms with Gasteiger partial charge in [0.05, 0.1) is 46.8 Å². The molecular formula is C18H32O7P2. The lowest BCUT2D eigenvalue weighted by molar-refractivity contribution is 0.219. The molecule has 156 valence electrons. The SMILES string of the molecule is CCOP(Cc1cc(OC)c(CP(=O)(OCC)OCC)cc1OC)OCC. The van der Waals surface area contributed by atoms with E-state index in [0.717, 1.165) is 5.56 Å². The Hall–Kier alpha value is -0.680. The van der Waals surface area contributed by atoms with Crippen LogP contribution in [0.25, 0.3) is 0 Å². The summed E-state index contributed by atoms with van der Waals surface area (Å²) in [7, 11) is -1.14. The van der Waals surface area contributed by atoms with Gasteiger partial charge in [-0.05, 0) is 39.8 Å². The summed E-state index contributed by atoms with van der Waals surface area (Å²) in [6, 6.07) is 3.70. The molecule has 7 nitrogen and oxygen atoms in total. The standard InChI is InChI=1S/C18H32O7P2/c1-7-22-26(23-8-2)13-15-11-18(21-6)16(12-17(15)20-5)14-27(19,24-9-3)25-10-4/h11-12H,7-10,13-14H2,1-6H3. The summed E-state index contributed by atoms with van der Waals surface area (Å²) < 4.78 is 46.2. The normalized spacial score (nSPS) is 11.8. The van der Waals surface area contributed by atoms with Crippen molar-refractivity contribution in [2.45, 2.75) is 40.0 Å². The summed E-state index contributed by atoms with van der Waals surface area (Å²) >= 11 is 0. The van der Waals surface area contributed by atoms with Crippen LogP contribution < -0.4 is 9.47 Å². The Bertz CT molecular complexity index is 594. The summed E-state index contributed by atoms with van der Waals surface area (Å²) in [4.78, 5) is 0. The maximum atomic E-state index is 12.9. The van der Waals surface area contributed by atoms with Gasteiger partial charge in [0.15, 0.2) is 8.38 Å². The Morgan fingerprint density at radius 3 is 1.74 bits per heavy atom. The Balaban J connectivity index is 3.20. The van der Waals surface area contributed by atoms with Crippen LogP contribution in [0.3, 0.4) is 0 Å². The van der Waals surface area contributed by atoms with Gasteiger partial charge in [0.1, 0.15) is 11.5 Å². The Morgan fingerprint density at radius 1 is 0.815 bits per heavy atom. The van der Waals surface area contributed by atoms with Gasteiger partial charge < -0.3 is 27.6 Å². The third-order valence-electron chi connectivity index (χ3n) is 3.54. The van der Waals surface area contributed by atoms with Crippen LogP contribution in [-0.2, 0) is 35.0 Å². The van der Waals surface area contributed by atoms with Gasteiger partial charge in [-0.3, -0.25) is 4.57 Å². The monoisotopic (exact) mass is 422 g/mol. The number of methoxy groups -OCH3 is 2. The molecule has 0 aromatic heterocycles. The molecule has 0 atom stereocenters. The predicted octanol–water partition coefficient (Wildman–Crippen LogP) is 5.35. The fraction of sp³-hybridized carbons (Fsp3) is 0.667. The van der Waals surface area contributed by atoms with Gasteiger partial charge in [-0.25, -0.2) is 0 Å². The maximum Gasteiger partial charge on any atom is 0.335 e. The van der Waals surface area contributed by atoms with Crippen LogP contribution in [0.4, 0.5) is 0 Å². The summed E-state index contributed by atoms with van der Waals surface area (Å²) in [6.45, 7) is 9.23. The molecule has 0 aliphatic carbocycles. The molecule has 0 aliphatic heterocycles. The molecule has 9 heteroatoms. The molecule has 1 aromatic carbocycles. The van der Waals surface area contributed by atoms with Gasteiger partial charge in [-0.1, -0.05) is 0 Å². The fourth-order valence-electron chi connectivity index (χ4n) is 2.56. The minimum atomic E-state index is -3.26. The van der Waals surface area contributed by atoms with Gasteiger partial charge in [0.2, 0.25) is 0 Å². The Labute approximate surface area is 164 Å². The van der Waals surface area contributed by atoms with Crippen LogP contribution in [0, 0.1) is 0 Å². The number of ether oxygens (including phenoxy) is 2. The van der Waals surface area contributed by atoms with Crippen LogP contribution in [0.2, 0.25) is 0 Å². The molecule has 0 spiro atoms. The third-order valence-corrected chi connectivity index (χ3v) is 7.27. The highest BCUT2D eigenvalue weighted by atomic mass is 31.2. The molecule has 0 heterocycles. The largest absolute Gasteiger partial charge is 0.496 e. The Morgan fingerprint density at radius 2 is 1.30 bits per heavy atom. The summed E-state index contributed by atoms with van der Waals surface area (Å²) in [5.41, 5.74) is 1.62. The van der Waals surface area contributed by atoms with Gasteiger partial charge in [-0.2, -0.15) is 0 Å². The van der Waals surface area contributed by atoms with Gasteiger partial charge >= 0.3 is 7.60 Å². The molecule has 1 rings (SSSR count). The highest BCUT2D eigenvalue weighted by Crippen LogP contribution is 2.53. The first kappa shape index (κ1) is 24.4. The highest BCUT2D eigenvalue weighted by molar-refractivity contribution is 7.53. The minimum Gasteiger partial charge on any atom is -0.496 e. The van der Waals surface area contributed by atoms with Crippen molar-refractivity contribution in [3.05, 3.63) is 23.3 Å². The zero-order valence-corrected chi connectivity index (χ0v) is 18.9. The zero-order chi connectivity index (χ0) is 20.3. The van der Waals surface area contributed by atoms with E-state index in [1.165, 1.54) is 0 Å². The fourth-order valence-corrected chi connectivity index (χ4v) is 5.62. The van der Waals surface area contributed by atoms with E-state index in [1.54, 1.807) is 28.1 Å². The molecule has 0 bridgehead atoms. The van der Waals surface area contributed by atoms with Gasteiger partial charge in [0.25, 0.3) is 0 Å². The quantitative estimate of drug-likeness (QED) is 0.374. The minimum absolute atomic E-state index is 0.111. The molecule has 1 aromatic rings. The van der Waals surface area contributed by atoms with E-state index in [2.05, 4.69) is 0 Å². The molecule has 0 unspecified atom stereocenters. The number of hydrogen-bond acceptors (Lipinski definition) is 7. The average Bonchev–Trinajstić information content (AvgIpc) is 2.63. The summed E-state index contributed by atoms with van der Waals surface area (Å²) in [5, 5.41) is 0. The molecule has 0 saturated carbocycles. The summed E-state index contributed by atoms with van der Waals surface area (Å²) in [5.74, 6) is 1.27. The van der Waals surface area contributed by atoms with Crippen molar-refractivity contribution in [3.63, 3.8) is 0 Å². The van der Waals surface area contributed by atoms with E-state index >= 15 is 0 Å². The van der Waals surface area contributed by atoms with E-state index in [4.69, 9.17) is 27.6 Å². The molecule has 0 radical (unpaired) electrons. The van der Waals surface area contributed by atoms with Crippen LogP contribution in [-0.4, -0.2) is 40.6 Å². The number of benzene rings is 1. The van der Waals surface area contributed by atoms with Crippen molar-refractivity contribution in [3.8, 4) is 11.5 Å². The second-order valence-electron chi connectivity index (χ2n) is 5.41. The topological polar surface area (TPSA) is 72.5 Å². The molecule has 0 N–H and O–H groups in total. The Kier molecular flexibility index (Phi) is 11.5. The van der Waals surface area contributed by atoms with E-state index in [0.29, 0.717) is 49.7 Å². The third kappa shape index (κ3) is 7.69. The van der Waals surface area contributed by atoms with Gasteiger partial charge in [-0.15, -0.1) is 0 Å². The second-order valence-corrected chi connectivity index (χ2v) is 8.96. The second kappa shape index (κ2) is 12.7. The number of hydrogen-bond donors (Lipinski definition) is 0.